The van der Waals surface area contributed by atoms with E-state index < -0.39 is 0 Å². The van der Waals surface area contributed by atoms with Crippen LogP contribution in [-0.4, -0.2) is 21.3 Å². The number of rotatable bonds is 4. The van der Waals surface area contributed by atoms with Gasteiger partial charge in [-0.3, -0.25) is 9.98 Å². The lowest BCUT2D eigenvalue weighted by molar-refractivity contribution is 0.444. The van der Waals surface area contributed by atoms with Crippen LogP contribution in [0.1, 0.15) is 84.6 Å². The van der Waals surface area contributed by atoms with Crippen molar-refractivity contribution in [2.24, 2.45) is 4.99 Å². The monoisotopic (exact) mass is 625 g/mol. The Kier molecular flexibility index (Phi) is 7.88. The molecule has 2 aromatic heterocycles. The van der Waals surface area contributed by atoms with E-state index in [1.54, 1.807) is 17.6 Å². The summed E-state index contributed by atoms with van der Waals surface area (Å²) in [4.78, 5) is 14.9. The minimum atomic E-state index is -0.212. The highest BCUT2D eigenvalue weighted by Gasteiger charge is 2.25. The average molecular weight is 626 g/mol. The summed E-state index contributed by atoms with van der Waals surface area (Å²) in [6, 6.07) is 25.3. The molecule has 0 unspecified atom stereocenters. The van der Waals surface area contributed by atoms with Gasteiger partial charge < -0.3 is 5.11 Å². The van der Waals surface area contributed by atoms with Crippen molar-refractivity contribution in [1.29, 1.82) is 0 Å². The molecular formula is C41H43N3OS. The molecule has 0 atom stereocenters. The molecule has 4 nitrogen and oxygen atoms in total. The Bertz CT molecular complexity index is 2110. The van der Waals surface area contributed by atoms with Gasteiger partial charge in [0.05, 0.1) is 15.9 Å². The van der Waals surface area contributed by atoms with E-state index in [1.807, 2.05) is 30.6 Å². The molecule has 0 fully saturated rings. The zero-order valence-corrected chi connectivity index (χ0v) is 29.2. The standard InChI is InChI=1S/C41H43N3OS/c1-39(2,3)27-18-26(37(45)33(20-27)41(7,8)9)23-43-34-17-13-12-16-30(34)38-44-36-31(19-28(40(4,5)6)21-35(36)46-38)32-24-42-22-25-14-10-11-15-29(25)32/h10-24,45H,1-9H3. The van der Waals surface area contributed by atoms with Gasteiger partial charge in [0.15, 0.2) is 0 Å². The highest BCUT2D eigenvalue weighted by Crippen LogP contribution is 2.43. The number of thiazole rings is 1. The van der Waals surface area contributed by atoms with Crippen LogP contribution < -0.4 is 0 Å². The van der Waals surface area contributed by atoms with Gasteiger partial charge in [-0.05, 0) is 63.1 Å². The zero-order chi connectivity index (χ0) is 33.0. The topological polar surface area (TPSA) is 58.4 Å². The molecule has 46 heavy (non-hydrogen) atoms. The van der Waals surface area contributed by atoms with Gasteiger partial charge in [-0.1, -0.05) is 105 Å². The van der Waals surface area contributed by atoms with E-state index in [1.165, 1.54) is 11.1 Å². The molecule has 0 amide bonds. The lowest BCUT2D eigenvalue weighted by Crippen LogP contribution is -2.17. The van der Waals surface area contributed by atoms with Crippen molar-refractivity contribution >= 4 is 44.2 Å². The van der Waals surface area contributed by atoms with Gasteiger partial charge in [-0.25, -0.2) is 4.98 Å². The number of hydrogen-bond acceptors (Lipinski definition) is 5. The summed E-state index contributed by atoms with van der Waals surface area (Å²) in [5.41, 5.74) is 8.66. The second kappa shape index (κ2) is 11.5. The first-order valence-electron chi connectivity index (χ1n) is 15.9. The molecule has 0 saturated heterocycles. The summed E-state index contributed by atoms with van der Waals surface area (Å²) in [5.74, 6) is 0.282. The van der Waals surface area contributed by atoms with Gasteiger partial charge in [0, 0.05) is 51.8 Å². The number of nitrogens with zero attached hydrogens (tertiary/aromatic N) is 3. The Hall–Kier alpha value is -4.35. The van der Waals surface area contributed by atoms with E-state index in [2.05, 4.69) is 122 Å². The molecule has 0 aliphatic heterocycles. The smallest absolute Gasteiger partial charge is 0.128 e. The first-order chi connectivity index (χ1) is 21.6. The molecule has 234 valence electrons. The molecule has 2 heterocycles. The number of phenols is 1. The Balaban J connectivity index is 1.51. The second-order valence-corrected chi connectivity index (χ2v) is 16.3. The van der Waals surface area contributed by atoms with Crippen LogP contribution in [0.3, 0.4) is 0 Å². The maximum Gasteiger partial charge on any atom is 0.128 e. The van der Waals surface area contributed by atoms with Crippen LogP contribution in [0, 0.1) is 0 Å². The molecule has 6 rings (SSSR count). The summed E-state index contributed by atoms with van der Waals surface area (Å²) < 4.78 is 1.13. The summed E-state index contributed by atoms with van der Waals surface area (Å²) in [5, 5.41) is 14.6. The lowest BCUT2D eigenvalue weighted by atomic mass is 9.79. The Morgan fingerprint density at radius 2 is 1.37 bits per heavy atom. The molecule has 0 spiro atoms. The number of phenolic OH excluding ortho intramolecular Hbond substituents is 1. The van der Waals surface area contributed by atoms with Crippen LogP contribution >= 0.6 is 11.3 Å². The molecule has 0 radical (unpaired) electrons. The SMILES string of the molecule is CC(C)(C)c1cc(C=Nc2ccccc2-c2nc3c(-c4cncc5ccccc45)cc(C(C)(C)C)cc3s2)c(O)c(C(C)(C)C)c1. The minimum Gasteiger partial charge on any atom is -0.507 e. The third-order valence-electron chi connectivity index (χ3n) is 8.61. The number of aliphatic imine (C=N–C) groups is 1. The van der Waals surface area contributed by atoms with E-state index in [-0.39, 0.29) is 22.0 Å². The second-order valence-electron chi connectivity index (χ2n) is 15.3. The van der Waals surface area contributed by atoms with Crippen molar-refractivity contribution in [3.05, 3.63) is 107 Å². The van der Waals surface area contributed by atoms with Crippen molar-refractivity contribution in [3.8, 4) is 27.4 Å². The van der Waals surface area contributed by atoms with Crippen molar-refractivity contribution in [3.63, 3.8) is 0 Å². The van der Waals surface area contributed by atoms with Crippen LogP contribution in [0.15, 0.2) is 90.2 Å². The molecule has 0 aliphatic rings. The zero-order valence-electron chi connectivity index (χ0n) is 28.4. The molecule has 1 N–H and O–H groups in total. The van der Waals surface area contributed by atoms with Crippen LogP contribution in [0.4, 0.5) is 5.69 Å². The molecule has 0 saturated carbocycles. The molecule has 6 aromatic rings. The van der Waals surface area contributed by atoms with Crippen LogP contribution in [0.25, 0.3) is 42.7 Å². The molecule has 5 heteroatoms. The van der Waals surface area contributed by atoms with Crippen molar-refractivity contribution < 1.29 is 5.11 Å². The number of hydrogen-bond donors (Lipinski definition) is 1. The van der Waals surface area contributed by atoms with Gasteiger partial charge in [0.25, 0.3) is 0 Å². The first kappa shape index (κ1) is 31.6. The number of aromatic hydroxyl groups is 1. The maximum atomic E-state index is 11.4. The van der Waals surface area contributed by atoms with Crippen LogP contribution in [0.2, 0.25) is 0 Å². The highest BCUT2D eigenvalue weighted by atomic mass is 32.1. The normalized spacial score (nSPS) is 12.9. The number of aromatic nitrogens is 2. The number of fused-ring (bicyclic) bond motifs is 2. The van der Waals surface area contributed by atoms with Crippen molar-refractivity contribution in [2.45, 2.75) is 78.6 Å². The molecular weight excluding hydrogens is 583 g/mol. The summed E-state index contributed by atoms with van der Waals surface area (Å²) in [6.45, 7) is 19.7. The molecule has 0 aliphatic carbocycles. The van der Waals surface area contributed by atoms with Gasteiger partial charge in [-0.15, -0.1) is 11.3 Å². The van der Waals surface area contributed by atoms with E-state index >= 15 is 0 Å². The fourth-order valence-corrected chi connectivity index (χ4v) is 6.85. The highest BCUT2D eigenvalue weighted by molar-refractivity contribution is 7.21. The number of pyridine rings is 1. The van der Waals surface area contributed by atoms with Crippen molar-refractivity contribution in [2.75, 3.05) is 0 Å². The van der Waals surface area contributed by atoms with Gasteiger partial charge in [0.1, 0.15) is 10.8 Å². The van der Waals surface area contributed by atoms with Gasteiger partial charge in [0.2, 0.25) is 0 Å². The quantitative estimate of drug-likeness (QED) is 0.198. The summed E-state index contributed by atoms with van der Waals surface area (Å²) in [7, 11) is 0. The first-order valence-corrected chi connectivity index (χ1v) is 16.7. The third kappa shape index (κ3) is 6.09. The van der Waals surface area contributed by atoms with E-state index in [0.717, 1.165) is 59.5 Å². The number of benzene rings is 4. The molecule has 4 aromatic carbocycles. The fraction of sp³-hybridized carbons (Fsp3) is 0.293. The predicted octanol–water partition coefficient (Wildman–Crippen LogP) is 11.5. The van der Waals surface area contributed by atoms with Crippen molar-refractivity contribution in [1.82, 2.24) is 9.97 Å². The van der Waals surface area contributed by atoms with E-state index in [4.69, 9.17) is 9.98 Å². The minimum absolute atomic E-state index is 0.0389. The summed E-state index contributed by atoms with van der Waals surface area (Å²) in [6.07, 6.45) is 5.69. The third-order valence-corrected chi connectivity index (χ3v) is 9.65. The Labute approximate surface area is 276 Å². The van der Waals surface area contributed by atoms with E-state index in [9.17, 15) is 5.11 Å². The van der Waals surface area contributed by atoms with Gasteiger partial charge >= 0.3 is 0 Å². The Morgan fingerprint density at radius 1 is 0.696 bits per heavy atom. The maximum absolute atomic E-state index is 11.4. The molecule has 0 bridgehead atoms. The Morgan fingerprint density at radius 3 is 2.09 bits per heavy atom. The van der Waals surface area contributed by atoms with Gasteiger partial charge in [-0.2, -0.15) is 0 Å². The average Bonchev–Trinajstić information content (AvgIpc) is 3.43. The van der Waals surface area contributed by atoms with Crippen LogP contribution in [-0.2, 0) is 16.2 Å². The predicted molar refractivity (Wildman–Crippen MR) is 197 cm³/mol. The number of para-hydroxylation sites is 1. The fourth-order valence-electron chi connectivity index (χ4n) is 5.78. The lowest BCUT2D eigenvalue weighted by Gasteiger charge is -2.27. The largest absolute Gasteiger partial charge is 0.507 e. The van der Waals surface area contributed by atoms with Crippen LogP contribution in [0.5, 0.6) is 5.75 Å². The van der Waals surface area contributed by atoms with E-state index in [0.29, 0.717) is 0 Å². The summed E-state index contributed by atoms with van der Waals surface area (Å²) >= 11 is 1.69.